The number of pyridine rings is 1. The van der Waals surface area contributed by atoms with Crippen molar-refractivity contribution in [1.29, 1.82) is 0 Å². The average molecular weight is 426 g/mol. The summed E-state index contributed by atoms with van der Waals surface area (Å²) in [4.78, 5) is 7.81. The van der Waals surface area contributed by atoms with Crippen LogP contribution in [0.2, 0.25) is 0 Å². The molecule has 0 saturated carbocycles. The number of nitrogens with zero attached hydrogens (tertiary/aromatic N) is 2. The predicted molar refractivity (Wildman–Crippen MR) is 118 cm³/mol. The van der Waals surface area contributed by atoms with Crippen molar-refractivity contribution in [3.63, 3.8) is 0 Å². The van der Waals surface area contributed by atoms with Crippen molar-refractivity contribution in [2.75, 3.05) is 20.3 Å². The molecule has 0 radical (unpaired) electrons. The molecule has 1 saturated heterocycles. The number of nitrogens with one attached hydrogen (secondary N) is 1. The summed E-state index contributed by atoms with van der Waals surface area (Å²) >= 11 is 7.23. The number of benzene rings is 1. The number of thiocarbonyl (C=S) groups is 1. The molecule has 150 valence electrons. The maximum atomic E-state index is 6.27. The molecule has 5 nitrogen and oxygen atoms in total. The Morgan fingerprint density at radius 2 is 2.00 bits per heavy atom. The molecule has 0 aliphatic carbocycles. The van der Waals surface area contributed by atoms with Crippen molar-refractivity contribution in [2.45, 2.75) is 29.0 Å². The highest BCUT2D eigenvalue weighted by Crippen LogP contribution is 2.41. The molecule has 3 aromatic rings. The fourth-order valence-corrected chi connectivity index (χ4v) is 4.53. The van der Waals surface area contributed by atoms with Gasteiger partial charge in [-0.05, 0) is 55.5 Å². The first-order chi connectivity index (χ1) is 14.2. The summed E-state index contributed by atoms with van der Waals surface area (Å²) in [6.45, 7) is 3.35. The van der Waals surface area contributed by atoms with Crippen molar-refractivity contribution in [3.8, 4) is 0 Å². The largest absolute Gasteiger partial charge is 0.452 e. The SMILES string of the molecule is COCCN1C(=S)N[C@@H](c2ccccn2)[C@H]1c1ccc(Sc2ccc(C)cc2)o1. The predicted octanol–water partition coefficient (Wildman–Crippen LogP) is 4.75. The van der Waals surface area contributed by atoms with E-state index in [1.54, 1.807) is 25.1 Å². The zero-order valence-corrected chi connectivity index (χ0v) is 18.0. The molecule has 2 aromatic heterocycles. The molecule has 2 atom stereocenters. The van der Waals surface area contributed by atoms with E-state index in [0.717, 1.165) is 21.4 Å². The first-order valence-corrected chi connectivity index (χ1v) is 10.7. The van der Waals surface area contributed by atoms with Gasteiger partial charge >= 0.3 is 0 Å². The van der Waals surface area contributed by atoms with Crippen molar-refractivity contribution in [1.82, 2.24) is 15.2 Å². The van der Waals surface area contributed by atoms with Gasteiger partial charge in [0.2, 0.25) is 0 Å². The van der Waals surface area contributed by atoms with E-state index in [9.17, 15) is 0 Å². The van der Waals surface area contributed by atoms with Crippen molar-refractivity contribution < 1.29 is 9.15 Å². The molecule has 1 aliphatic rings. The summed E-state index contributed by atoms with van der Waals surface area (Å²) in [5.41, 5.74) is 2.18. The summed E-state index contributed by atoms with van der Waals surface area (Å²) in [7, 11) is 1.70. The van der Waals surface area contributed by atoms with Gasteiger partial charge in [-0.25, -0.2) is 0 Å². The first-order valence-electron chi connectivity index (χ1n) is 9.47. The monoisotopic (exact) mass is 425 g/mol. The third kappa shape index (κ3) is 4.47. The maximum absolute atomic E-state index is 6.27. The van der Waals surface area contributed by atoms with Gasteiger partial charge in [0.1, 0.15) is 11.8 Å². The standard InChI is InChI=1S/C22H23N3O2S2/c1-15-6-8-16(9-7-15)29-19-11-10-18(27-19)21-20(17-5-3-4-12-23-17)24-22(28)25(21)13-14-26-2/h3-12,20-21H,13-14H2,1-2H3,(H,24,28)/t20-,21+/m0/s1. The number of aryl methyl sites for hydroxylation is 1. The Morgan fingerprint density at radius 3 is 2.72 bits per heavy atom. The van der Waals surface area contributed by atoms with Gasteiger partial charge < -0.3 is 19.4 Å². The molecule has 29 heavy (non-hydrogen) atoms. The number of hydrogen-bond acceptors (Lipinski definition) is 5. The van der Waals surface area contributed by atoms with E-state index < -0.39 is 0 Å². The van der Waals surface area contributed by atoms with Crippen LogP contribution in [0.25, 0.3) is 0 Å². The lowest BCUT2D eigenvalue weighted by Crippen LogP contribution is -2.32. The minimum atomic E-state index is -0.0834. The number of aromatic nitrogens is 1. The van der Waals surface area contributed by atoms with Crippen LogP contribution in [0.5, 0.6) is 0 Å². The second kappa shape index (κ2) is 8.98. The fraction of sp³-hybridized carbons (Fsp3) is 0.273. The molecule has 1 aliphatic heterocycles. The van der Waals surface area contributed by atoms with Crippen LogP contribution in [0.15, 0.2) is 75.2 Å². The van der Waals surface area contributed by atoms with Crippen molar-refractivity contribution in [3.05, 3.63) is 77.8 Å². The molecule has 1 N–H and O–H groups in total. The van der Waals surface area contributed by atoms with Gasteiger partial charge in [-0.1, -0.05) is 35.5 Å². The molecule has 1 aromatic carbocycles. The third-order valence-electron chi connectivity index (χ3n) is 4.87. The first kappa shape index (κ1) is 19.9. The van der Waals surface area contributed by atoms with Gasteiger partial charge in [-0.2, -0.15) is 0 Å². The molecule has 0 spiro atoms. The minimum absolute atomic E-state index is 0.0797. The summed E-state index contributed by atoms with van der Waals surface area (Å²) in [6.07, 6.45) is 1.80. The number of ether oxygens (including phenoxy) is 1. The second-order valence-corrected chi connectivity index (χ2v) is 8.35. The Balaban J connectivity index is 1.62. The summed E-state index contributed by atoms with van der Waals surface area (Å²) in [5, 5.41) is 4.96. The molecule has 7 heteroatoms. The van der Waals surface area contributed by atoms with Crippen LogP contribution >= 0.6 is 24.0 Å². The van der Waals surface area contributed by atoms with Gasteiger partial charge in [0.15, 0.2) is 10.2 Å². The summed E-state index contributed by atoms with van der Waals surface area (Å²) in [6, 6.07) is 18.2. The summed E-state index contributed by atoms with van der Waals surface area (Å²) in [5.74, 6) is 0.860. The van der Waals surface area contributed by atoms with Crippen molar-refractivity contribution >= 4 is 29.1 Å². The highest BCUT2D eigenvalue weighted by atomic mass is 32.2. The zero-order valence-electron chi connectivity index (χ0n) is 16.4. The van der Waals surface area contributed by atoms with Gasteiger partial charge in [0.25, 0.3) is 0 Å². The topological polar surface area (TPSA) is 50.5 Å². The van der Waals surface area contributed by atoms with Gasteiger partial charge in [0.05, 0.1) is 18.3 Å². The van der Waals surface area contributed by atoms with E-state index in [2.05, 4.69) is 46.4 Å². The molecule has 1 fully saturated rings. The van der Waals surface area contributed by atoms with E-state index in [1.807, 2.05) is 30.3 Å². The number of hydrogen-bond donors (Lipinski definition) is 1. The minimum Gasteiger partial charge on any atom is -0.452 e. The van der Waals surface area contributed by atoms with E-state index in [0.29, 0.717) is 18.3 Å². The number of rotatable bonds is 7. The highest BCUT2D eigenvalue weighted by Gasteiger charge is 2.41. The van der Waals surface area contributed by atoms with E-state index in [1.165, 1.54) is 5.56 Å². The average Bonchev–Trinajstić information content (AvgIpc) is 3.32. The lowest BCUT2D eigenvalue weighted by molar-refractivity contribution is 0.156. The third-order valence-corrected chi connectivity index (χ3v) is 6.15. The van der Waals surface area contributed by atoms with Crippen LogP contribution in [0.1, 0.15) is 29.1 Å². The molecule has 3 heterocycles. The molecule has 0 amide bonds. The Bertz CT molecular complexity index is 960. The van der Waals surface area contributed by atoms with Crippen LogP contribution in [0.3, 0.4) is 0 Å². The Hall–Kier alpha value is -2.35. The lowest BCUT2D eigenvalue weighted by atomic mass is 10.0. The van der Waals surface area contributed by atoms with Gasteiger partial charge in [-0.3, -0.25) is 4.98 Å². The second-order valence-electron chi connectivity index (χ2n) is 6.88. The molecule has 4 rings (SSSR count). The Labute approximate surface area is 180 Å². The maximum Gasteiger partial charge on any atom is 0.170 e. The normalized spacial score (nSPS) is 18.8. The lowest BCUT2D eigenvalue weighted by Gasteiger charge is -2.25. The van der Waals surface area contributed by atoms with Crippen LogP contribution in [-0.4, -0.2) is 35.3 Å². The van der Waals surface area contributed by atoms with Crippen molar-refractivity contribution in [2.24, 2.45) is 0 Å². The van der Waals surface area contributed by atoms with Crippen LogP contribution in [0.4, 0.5) is 0 Å². The Kier molecular flexibility index (Phi) is 6.18. The molecular formula is C22H23N3O2S2. The van der Waals surface area contributed by atoms with E-state index >= 15 is 0 Å². The van der Waals surface area contributed by atoms with E-state index in [-0.39, 0.29) is 12.1 Å². The number of methoxy groups -OCH3 is 1. The number of furan rings is 1. The van der Waals surface area contributed by atoms with Crippen LogP contribution in [0, 0.1) is 6.92 Å². The quantitative estimate of drug-likeness (QED) is 0.548. The van der Waals surface area contributed by atoms with Crippen LogP contribution < -0.4 is 5.32 Å². The molecule has 0 unspecified atom stereocenters. The van der Waals surface area contributed by atoms with Crippen LogP contribution in [-0.2, 0) is 4.74 Å². The van der Waals surface area contributed by atoms with E-state index in [4.69, 9.17) is 21.4 Å². The molecule has 0 bridgehead atoms. The highest BCUT2D eigenvalue weighted by molar-refractivity contribution is 7.99. The smallest absolute Gasteiger partial charge is 0.170 e. The zero-order chi connectivity index (χ0) is 20.2. The molecular weight excluding hydrogens is 402 g/mol. The van der Waals surface area contributed by atoms with Gasteiger partial charge in [-0.15, -0.1) is 0 Å². The fourth-order valence-electron chi connectivity index (χ4n) is 3.42. The van der Waals surface area contributed by atoms with Gasteiger partial charge in [0, 0.05) is 24.7 Å². The Morgan fingerprint density at radius 1 is 1.17 bits per heavy atom. The summed E-state index contributed by atoms with van der Waals surface area (Å²) < 4.78 is 11.6.